The van der Waals surface area contributed by atoms with E-state index in [1.807, 2.05) is 0 Å². The third kappa shape index (κ3) is 4.87. The third-order valence-electron chi connectivity index (χ3n) is 1.17. The van der Waals surface area contributed by atoms with E-state index in [2.05, 4.69) is 17.9 Å². The van der Waals surface area contributed by atoms with Gasteiger partial charge >= 0.3 is 17.9 Å². The van der Waals surface area contributed by atoms with Gasteiger partial charge in [-0.3, -0.25) is 9.59 Å². The van der Waals surface area contributed by atoms with Crippen molar-refractivity contribution in [3.05, 3.63) is 24.8 Å². The molecule has 1 N–H and O–H groups in total. The molecule has 0 aliphatic rings. The number of carbonyl (C=O) groups is 3. The molecule has 5 heteroatoms. The van der Waals surface area contributed by atoms with Crippen LogP contribution in [0.3, 0.4) is 0 Å². The van der Waals surface area contributed by atoms with Crippen LogP contribution >= 0.6 is 0 Å². The minimum atomic E-state index is -1.21. The predicted octanol–water partition coefficient (Wildman–Crippen LogP) is 0.663. The quantitative estimate of drug-likeness (QED) is 0.304. The van der Waals surface area contributed by atoms with Crippen molar-refractivity contribution in [2.45, 2.75) is 12.8 Å². The van der Waals surface area contributed by atoms with Gasteiger partial charge in [-0.1, -0.05) is 12.7 Å². The Bertz CT molecular complexity index is 290. The lowest BCUT2D eigenvalue weighted by molar-refractivity contribution is -0.157. The molecule has 5 nitrogen and oxygen atoms in total. The van der Waals surface area contributed by atoms with Gasteiger partial charge in [0.1, 0.15) is 0 Å². The molecule has 0 spiro atoms. The van der Waals surface area contributed by atoms with Gasteiger partial charge < -0.3 is 9.84 Å². The van der Waals surface area contributed by atoms with E-state index < -0.39 is 24.3 Å². The van der Waals surface area contributed by atoms with Crippen LogP contribution in [0.15, 0.2) is 24.8 Å². The van der Waals surface area contributed by atoms with E-state index in [1.165, 1.54) is 6.08 Å². The summed E-state index contributed by atoms with van der Waals surface area (Å²) in [6.45, 7) is 6.45. The van der Waals surface area contributed by atoms with E-state index in [0.717, 1.165) is 0 Å². The smallest absolute Gasteiger partial charge is 0.341 e. The van der Waals surface area contributed by atoms with Crippen molar-refractivity contribution >= 4 is 17.9 Å². The molecule has 0 saturated carbocycles. The number of ether oxygens (including phenoxy) is 1. The topological polar surface area (TPSA) is 80.7 Å². The molecule has 0 aliphatic heterocycles. The van der Waals surface area contributed by atoms with Crippen molar-refractivity contribution in [3.63, 3.8) is 0 Å². The van der Waals surface area contributed by atoms with Crippen molar-refractivity contribution in [2.75, 3.05) is 0 Å². The minimum absolute atomic E-state index is 0.105. The summed E-state index contributed by atoms with van der Waals surface area (Å²) in [5, 5.41) is 8.30. The van der Waals surface area contributed by atoms with Crippen molar-refractivity contribution < 1.29 is 24.2 Å². The highest BCUT2D eigenvalue weighted by Gasteiger charge is 2.15. The van der Waals surface area contributed by atoms with E-state index >= 15 is 0 Å². The molecule has 0 rings (SSSR count). The van der Waals surface area contributed by atoms with E-state index in [4.69, 9.17) is 5.11 Å². The van der Waals surface area contributed by atoms with E-state index in [9.17, 15) is 14.4 Å². The van der Waals surface area contributed by atoms with Gasteiger partial charge in [-0.2, -0.15) is 0 Å². The fourth-order valence-corrected chi connectivity index (χ4v) is 0.590. The zero-order chi connectivity index (χ0) is 11.1. The first-order chi connectivity index (χ1) is 6.47. The normalized spacial score (nSPS) is 8.86. The summed E-state index contributed by atoms with van der Waals surface area (Å²) in [7, 11) is 0. The standard InChI is InChI=1S/C9H10O5/c1-3-4-8(12)14-9(13)6(2)5-7(10)11/h3H,1-2,4-5H2,(H,10,11). The Labute approximate surface area is 80.7 Å². The Morgan fingerprint density at radius 2 is 1.93 bits per heavy atom. The number of carboxylic acids is 1. The van der Waals surface area contributed by atoms with E-state index in [1.54, 1.807) is 0 Å². The highest BCUT2D eigenvalue weighted by atomic mass is 16.6. The summed E-state index contributed by atoms with van der Waals surface area (Å²) < 4.78 is 4.24. The summed E-state index contributed by atoms with van der Waals surface area (Å²) in [6.07, 6.45) is 0.627. The monoisotopic (exact) mass is 198 g/mol. The molecule has 0 aliphatic carbocycles. The summed E-state index contributed by atoms with van der Waals surface area (Å²) >= 11 is 0. The SMILES string of the molecule is C=CCC(=O)OC(=O)C(=C)CC(=O)O. The maximum absolute atomic E-state index is 10.9. The first kappa shape index (κ1) is 12.1. The third-order valence-corrected chi connectivity index (χ3v) is 1.17. The van der Waals surface area contributed by atoms with Crippen molar-refractivity contribution in [1.29, 1.82) is 0 Å². The van der Waals surface area contributed by atoms with Gasteiger partial charge in [-0.15, -0.1) is 6.58 Å². The van der Waals surface area contributed by atoms with Crippen LogP contribution in [0, 0.1) is 0 Å². The van der Waals surface area contributed by atoms with Crippen molar-refractivity contribution in [1.82, 2.24) is 0 Å². The molecule has 0 heterocycles. The molecular formula is C9H10O5. The zero-order valence-electron chi connectivity index (χ0n) is 7.49. The summed E-state index contributed by atoms with van der Waals surface area (Å²) in [5.74, 6) is -3.00. The maximum atomic E-state index is 10.9. The Balaban J connectivity index is 4.08. The van der Waals surface area contributed by atoms with Crippen LogP contribution in [0.4, 0.5) is 0 Å². The average Bonchev–Trinajstić information content (AvgIpc) is 2.02. The Morgan fingerprint density at radius 3 is 2.36 bits per heavy atom. The van der Waals surface area contributed by atoms with Crippen LogP contribution < -0.4 is 0 Å². The second kappa shape index (κ2) is 5.69. The zero-order valence-corrected chi connectivity index (χ0v) is 7.49. The number of hydrogen-bond acceptors (Lipinski definition) is 4. The molecule has 0 radical (unpaired) electrons. The molecular weight excluding hydrogens is 188 g/mol. The molecule has 0 saturated heterocycles. The summed E-state index contributed by atoms with van der Waals surface area (Å²) in [6, 6.07) is 0. The largest absolute Gasteiger partial charge is 0.481 e. The number of aliphatic carboxylic acids is 1. The fourth-order valence-electron chi connectivity index (χ4n) is 0.590. The van der Waals surface area contributed by atoms with Crippen LogP contribution in [0.25, 0.3) is 0 Å². The highest BCUT2D eigenvalue weighted by molar-refractivity contribution is 5.98. The Morgan fingerprint density at radius 1 is 1.36 bits per heavy atom. The molecule has 14 heavy (non-hydrogen) atoms. The lowest BCUT2D eigenvalue weighted by Crippen LogP contribution is -2.15. The van der Waals surface area contributed by atoms with Gasteiger partial charge in [-0.05, 0) is 0 Å². The number of carboxylic acid groups (broad SMARTS) is 1. The van der Waals surface area contributed by atoms with E-state index in [0.29, 0.717) is 0 Å². The van der Waals surface area contributed by atoms with Gasteiger partial charge in [0.2, 0.25) is 0 Å². The Kier molecular flexibility index (Phi) is 4.91. The lowest BCUT2D eigenvalue weighted by atomic mass is 10.2. The first-order valence-electron chi connectivity index (χ1n) is 3.72. The molecule has 0 unspecified atom stereocenters. The van der Waals surface area contributed by atoms with Crippen LogP contribution in [-0.2, 0) is 19.1 Å². The number of carbonyl (C=O) groups excluding carboxylic acids is 2. The van der Waals surface area contributed by atoms with Crippen LogP contribution in [0.5, 0.6) is 0 Å². The molecule has 0 bridgehead atoms. The predicted molar refractivity (Wildman–Crippen MR) is 47.3 cm³/mol. The second-order valence-corrected chi connectivity index (χ2v) is 2.43. The van der Waals surface area contributed by atoms with Gasteiger partial charge in [0.05, 0.1) is 12.8 Å². The highest BCUT2D eigenvalue weighted by Crippen LogP contribution is 2.02. The minimum Gasteiger partial charge on any atom is -0.481 e. The van der Waals surface area contributed by atoms with Crippen LogP contribution in [-0.4, -0.2) is 23.0 Å². The van der Waals surface area contributed by atoms with Gasteiger partial charge in [0.15, 0.2) is 0 Å². The van der Waals surface area contributed by atoms with Crippen molar-refractivity contribution in [2.24, 2.45) is 0 Å². The number of hydrogen-bond donors (Lipinski definition) is 1. The van der Waals surface area contributed by atoms with Gasteiger partial charge in [0.25, 0.3) is 0 Å². The Hall–Kier alpha value is -1.91. The molecule has 0 aromatic carbocycles. The van der Waals surface area contributed by atoms with Crippen LogP contribution in [0.1, 0.15) is 12.8 Å². The molecule has 0 aromatic rings. The van der Waals surface area contributed by atoms with E-state index in [-0.39, 0.29) is 12.0 Å². The lowest BCUT2D eigenvalue weighted by Gasteiger charge is -2.01. The van der Waals surface area contributed by atoms with Gasteiger partial charge in [-0.25, -0.2) is 4.79 Å². The first-order valence-corrected chi connectivity index (χ1v) is 3.72. The van der Waals surface area contributed by atoms with Gasteiger partial charge in [0, 0.05) is 5.57 Å². The number of rotatable bonds is 5. The molecule has 0 fully saturated rings. The molecule has 76 valence electrons. The van der Waals surface area contributed by atoms with Crippen molar-refractivity contribution in [3.8, 4) is 0 Å². The average molecular weight is 198 g/mol. The second-order valence-electron chi connectivity index (χ2n) is 2.43. The number of esters is 2. The fraction of sp³-hybridized carbons (Fsp3) is 0.222. The summed E-state index contributed by atoms with van der Waals surface area (Å²) in [4.78, 5) is 31.8. The molecule has 0 aromatic heterocycles. The van der Waals surface area contributed by atoms with Crippen LogP contribution in [0.2, 0.25) is 0 Å². The maximum Gasteiger partial charge on any atom is 0.341 e. The molecule has 0 atom stereocenters. The molecule has 0 amide bonds. The summed E-state index contributed by atoms with van der Waals surface area (Å²) in [5.41, 5.74) is -0.269.